The maximum Gasteiger partial charge on any atom is 0.347 e. The molecular formula is C11H6O5. The molecule has 80 valence electrons. The van der Waals surface area contributed by atoms with Crippen LogP contribution in [0.15, 0.2) is 22.6 Å². The molecule has 5 heteroatoms. The Morgan fingerprint density at radius 2 is 2.25 bits per heavy atom. The van der Waals surface area contributed by atoms with E-state index in [1.54, 1.807) is 0 Å². The van der Waals surface area contributed by atoms with Crippen molar-refractivity contribution in [1.82, 2.24) is 0 Å². The highest BCUT2D eigenvalue weighted by Crippen LogP contribution is 2.49. The summed E-state index contributed by atoms with van der Waals surface area (Å²) < 4.78 is 15.2. The van der Waals surface area contributed by atoms with Crippen LogP contribution in [0, 0.1) is 0 Å². The second-order valence-corrected chi connectivity index (χ2v) is 3.57. The van der Waals surface area contributed by atoms with E-state index in [0.717, 1.165) is 0 Å². The van der Waals surface area contributed by atoms with Crippen molar-refractivity contribution in [3.8, 4) is 11.5 Å². The highest BCUT2D eigenvalue weighted by atomic mass is 16.6. The van der Waals surface area contributed by atoms with Crippen molar-refractivity contribution in [2.45, 2.75) is 6.92 Å². The minimum Gasteiger partial charge on any atom is -0.448 e. The van der Waals surface area contributed by atoms with E-state index < -0.39 is 11.9 Å². The normalized spacial score (nSPS) is 13.2. The van der Waals surface area contributed by atoms with Gasteiger partial charge in [0.05, 0.1) is 0 Å². The summed E-state index contributed by atoms with van der Waals surface area (Å²) in [6, 6.07) is 1.50. The van der Waals surface area contributed by atoms with Gasteiger partial charge in [0.1, 0.15) is 5.56 Å². The molecule has 0 amide bonds. The Kier molecular flexibility index (Phi) is 1.47. The molecule has 0 aliphatic carbocycles. The van der Waals surface area contributed by atoms with Crippen LogP contribution in [0.4, 0.5) is 0 Å². The van der Waals surface area contributed by atoms with Crippen LogP contribution in [0.3, 0.4) is 0 Å². The molecule has 2 aromatic rings. The molecular weight excluding hydrogens is 212 g/mol. The van der Waals surface area contributed by atoms with E-state index in [9.17, 15) is 9.59 Å². The molecule has 16 heavy (non-hydrogen) atoms. The van der Waals surface area contributed by atoms with Gasteiger partial charge in [0.2, 0.25) is 11.5 Å². The molecule has 0 spiro atoms. The Morgan fingerprint density at radius 1 is 1.50 bits per heavy atom. The van der Waals surface area contributed by atoms with Crippen molar-refractivity contribution in [2.24, 2.45) is 0 Å². The molecule has 0 saturated carbocycles. The van der Waals surface area contributed by atoms with Crippen LogP contribution < -0.4 is 9.47 Å². The summed E-state index contributed by atoms with van der Waals surface area (Å²) in [5.41, 5.74) is 1.31. The van der Waals surface area contributed by atoms with Gasteiger partial charge in [-0.05, 0) is 6.92 Å². The van der Waals surface area contributed by atoms with Crippen LogP contribution in [0.1, 0.15) is 17.3 Å². The van der Waals surface area contributed by atoms with Crippen LogP contribution in [0.25, 0.3) is 11.2 Å². The Balaban J connectivity index is 2.06. The fourth-order valence-electron chi connectivity index (χ4n) is 1.56. The zero-order chi connectivity index (χ0) is 11.4. The van der Waals surface area contributed by atoms with E-state index in [4.69, 9.17) is 13.9 Å². The molecule has 0 atom stereocenters. The Morgan fingerprint density at radius 3 is 2.94 bits per heavy atom. The van der Waals surface area contributed by atoms with Gasteiger partial charge in [-0.2, -0.15) is 0 Å². The zero-order valence-corrected chi connectivity index (χ0v) is 8.33. The minimum absolute atomic E-state index is 0.151. The quantitative estimate of drug-likeness (QED) is 0.437. The second-order valence-electron chi connectivity index (χ2n) is 3.57. The maximum absolute atomic E-state index is 11.3. The van der Waals surface area contributed by atoms with E-state index in [2.05, 4.69) is 6.58 Å². The lowest BCUT2D eigenvalue weighted by Crippen LogP contribution is -2.08. The lowest BCUT2D eigenvalue weighted by molar-refractivity contribution is -0.130. The van der Waals surface area contributed by atoms with E-state index in [-0.39, 0.29) is 17.1 Å². The third-order valence-corrected chi connectivity index (χ3v) is 2.33. The fraction of sp³-hybridized carbons (Fsp3) is 0.0909. The molecule has 0 saturated heterocycles. The number of carbonyl (C=O) groups excluding carboxylic acids is 2. The topological polar surface area (TPSA) is 65.7 Å². The standard InChI is InChI=1S/C11H6O5/c1-4(2)10(12)15-8-6-3-5-7(14-6)9(8)16-11(5)13/h3H,1H2,2H3. The summed E-state index contributed by atoms with van der Waals surface area (Å²) in [5.74, 6) is -0.726. The Hall–Kier alpha value is -2.30. The average molecular weight is 218 g/mol. The summed E-state index contributed by atoms with van der Waals surface area (Å²) in [6.07, 6.45) is 0. The molecule has 0 aromatic carbocycles. The van der Waals surface area contributed by atoms with Gasteiger partial charge in [-0.1, -0.05) is 6.58 Å². The van der Waals surface area contributed by atoms with Gasteiger partial charge in [0.25, 0.3) is 0 Å². The first kappa shape index (κ1) is 8.96. The predicted molar refractivity (Wildman–Crippen MR) is 52.8 cm³/mol. The summed E-state index contributed by atoms with van der Waals surface area (Å²) in [5, 5.41) is 0. The molecule has 3 heterocycles. The second kappa shape index (κ2) is 2.63. The van der Waals surface area contributed by atoms with Crippen molar-refractivity contribution in [3.05, 3.63) is 23.8 Å². The minimum atomic E-state index is -0.579. The van der Waals surface area contributed by atoms with Gasteiger partial charge in [-0.3, -0.25) is 0 Å². The predicted octanol–water partition coefficient (Wildman–Crippen LogP) is 1.88. The Bertz CT molecular complexity index is 634. The van der Waals surface area contributed by atoms with Gasteiger partial charge >= 0.3 is 11.9 Å². The number of furan rings is 2. The van der Waals surface area contributed by atoms with Gasteiger partial charge < -0.3 is 13.9 Å². The van der Waals surface area contributed by atoms with Gasteiger partial charge in [-0.25, -0.2) is 9.59 Å². The van der Waals surface area contributed by atoms with E-state index >= 15 is 0 Å². The largest absolute Gasteiger partial charge is 0.448 e. The number of benzene rings is 1. The van der Waals surface area contributed by atoms with E-state index in [1.165, 1.54) is 13.0 Å². The van der Waals surface area contributed by atoms with E-state index in [1.807, 2.05) is 0 Å². The smallest absolute Gasteiger partial charge is 0.347 e. The number of fused-ring (bicyclic) bond motifs is 1. The first-order valence-electron chi connectivity index (χ1n) is 4.56. The summed E-state index contributed by atoms with van der Waals surface area (Å²) in [7, 11) is 0. The average Bonchev–Trinajstić information content (AvgIpc) is 2.81. The molecule has 3 rings (SSSR count). The molecule has 1 aliphatic heterocycles. The van der Waals surface area contributed by atoms with Crippen molar-refractivity contribution >= 4 is 23.1 Å². The van der Waals surface area contributed by atoms with Crippen LogP contribution in [0.5, 0.6) is 11.5 Å². The summed E-state index contributed by atoms with van der Waals surface area (Å²) >= 11 is 0. The van der Waals surface area contributed by atoms with Crippen LogP contribution >= 0.6 is 0 Å². The lowest BCUT2D eigenvalue weighted by Gasteiger charge is -2.01. The summed E-state index contributed by atoms with van der Waals surface area (Å²) in [4.78, 5) is 22.6. The van der Waals surface area contributed by atoms with Gasteiger partial charge in [0, 0.05) is 11.6 Å². The van der Waals surface area contributed by atoms with Gasteiger partial charge in [-0.15, -0.1) is 0 Å². The third-order valence-electron chi connectivity index (χ3n) is 2.33. The fourth-order valence-corrected chi connectivity index (χ4v) is 1.56. The van der Waals surface area contributed by atoms with Crippen LogP contribution in [-0.4, -0.2) is 11.9 Å². The first-order chi connectivity index (χ1) is 7.58. The SMILES string of the molecule is C=C(C)C(=O)Oc1c2c3oc1cc3C(=O)O2. The molecule has 0 unspecified atom stereocenters. The van der Waals surface area contributed by atoms with Crippen LogP contribution in [0.2, 0.25) is 0 Å². The molecule has 0 radical (unpaired) electrons. The van der Waals surface area contributed by atoms with Crippen molar-refractivity contribution in [1.29, 1.82) is 0 Å². The molecule has 2 bridgehead atoms. The molecule has 0 N–H and O–H groups in total. The molecule has 0 fully saturated rings. The highest BCUT2D eigenvalue weighted by molar-refractivity contribution is 6.10. The summed E-state index contributed by atoms with van der Waals surface area (Å²) in [6.45, 7) is 4.99. The lowest BCUT2D eigenvalue weighted by atomic mass is 10.2. The number of rotatable bonds is 2. The molecule has 5 nitrogen and oxygen atoms in total. The Labute approximate surface area is 89.6 Å². The van der Waals surface area contributed by atoms with Crippen molar-refractivity contribution < 1.29 is 23.5 Å². The molecule has 2 aromatic heterocycles. The molecule has 1 aliphatic rings. The van der Waals surface area contributed by atoms with Gasteiger partial charge in [0.15, 0.2) is 11.2 Å². The zero-order valence-electron chi connectivity index (χ0n) is 8.33. The number of hydrogen-bond donors (Lipinski definition) is 0. The number of hydrogen-bond acceptors (Lipinski definition) is 5. The third kappa shape index (κ3) is 0.942. The van der Waals surface area contributed by atoms with E-state index in [0.29, 0.717) is 16.7 Å². The number of carbonyl (C=O) groups is 2. The van der Waals surface area contributed by atoms with Crippen molar-refractivity contribution in [3.63, 3.8) is 0 Å². The van der Waals surface area contributed by atoms with Crippen molar-refractivity contribution in [2.75, 3.05) is 0 Å². The highest BCUT2D eigenvalue weighted by Gasteiger charge is 2.36. The number of esters is 2. The maximum atomic E-state index is 11.3. The van der Waals surface area contributed by atoms with Crippen LogP contribution in [-0.2, 0) is 4.79 Å². The first-order valence-corrected chi connectivity index (χ1v) is 4.56. The number of ether oxygens (including phenoxy) is 2. The monoisotopic (exact) mass is 218 g/mol.